The van der Waals surface area contributed by atoms with Crippen molar-refractivity contribution in [2.45, 2.75) is 0 Å². The SMILES string of the molecule is Brc1ccc2nc[nH]c2c1.O=[N+]([O-])c1ccccc1-c1ccc2nc[nH]c2c1.O=[N+]([O-])c1ccccc1B(O)O. The van der Waals surface area contributed by atoms with Crippen LogP contribution in [0.25, 0.3) is 33.2 Å². The van der Waals surface area contributed by atoms with Crippen molar-refractivity contribution in [1.82, 2.24) is 19.9 Å². The molecule has 4 N–H and O–H groups in total. The van der Waals surface area contributed by atoms with Gasteiger partial charge in [0.15, 0.2) is 0 Å². The van der Waals surface area contributed by atoms with Gasteiger partial charge in [0.2, 0.25) is 0 Å². The van der Waals surface area contributed by atoms with Crippen LogP contribution in [0.2, 0.25) is 0 Å². The molecule has 0 bridgehead atoms. The third-order valence-electron chi connectivity index (χ3n) is 5.63. The second-order valence-electron chi connectivity index (χ2n) is 8.16. The fourth-order valence-electron chi connectivity index (χ4n) is 3.76. The molecule has 6 rings (SSSR count). The predicted octanol–water partition coefficient (Wildman–Crippen LogP) is 4.74. The standard InChI is InChI=1S/C13H9N3O2.C7H5BrN2.C6H6BNO4/c17-16(18)13-4-2-1-3-10(13)9-5-6-11-12(7-9)15-8-14-11;8-5-1-2-6-7(3-5)10-4-9-6;9-7(10)5-3-1-2-4-6(5)8(11)12/h1-8H,(H,14,15);1-4H,(H,9,10);1-4,9-10H. The molecule has 2 aromatic heterocycles. The molecule has 0 aliphatic rings. The number of benzene rings is 4. The molecule has 0 atom stereocenters. The number of hydrogen-bond acceptors (Lipinski definition) is 8. The number of nitro benzene ring substituents is 2. The zero-order valence-corrected chi connectivity index (χ0v) is 22.1. The highest BCUT2D eigenvalue weighted by Gasteiger charge is 2.22. The van der Waals surface area contributed by atoms with Crippen molar-refractivity contribution in [2.24, 2.45) is 0 Å². The summed E-state index contributed by atoms with van der Waals surface area (Å²) in [6.45, 7) is 0. The molecule has 0 saturated carbocycles. The number of rotatable bonds is 4. The molecule has 14 heteroatoms. The maximum atomic E-state index is 11.0. The fraction of sp³-hybridized carbons (Fsp3) is 0. The van der Waals surface area contributed by atoms with Crippen molar-refractivity contribution in [3.63, 3.8) is 0 Å². The minimum Gasteiger partial charge on any atom is -0.423 e. The Bertz CT molecular complexity index is 1790. The highest BCUT2D eigenvalue weighted by molar-refractivity contribution is 9.10. The van der Waals surface area contributed by atoms with Gasteiger partial charge < -0.3 is 20.0 Å². The van der Waals surface area contributed by atoms with Gasteiger partial charge in [-0.15, -0.1) is 0 Å². The van der Waals surface area contributed by atoms with Crippen LogP contribution in [-0.4, -0.2) is 46.9 Å². The monoisotopic (exact) mass is 602 g/mol. The van der Waals surface area contributed by atoms with E-state index in [-0.39, 0.29) is 21.8 Å². The number of aromatic nitrogens is 4. The number of nitro groups is 2. The molecule has 4 aromatic carbocycles. The average molecular weight is 603 g/mol. The number of H-pyrrole nitrogens is 2. The molecule has 0 saturated heterocycles. The van der Waals surface area contributed by atoms with Crippen LogP contribution in [0.1, 0.15) is 0 Å². The van der Waals surface area contributed by atoms with Crippen molar-refractivity contribution >= 4 is 62.0 Å². The molecular formula is C26H20BBrN6O6. The van der Waals surface area contributed by atoms with E-state index in [2.05, 4.69) is 35.9 Å². The van der Waals surface area contributed by atoms with Crippen molar-refractivity contribution in [1.29, 1.82) is 0 Å². The van der Waals surface area contributed by atoms with Crippen molar-refractivity contribution in [3.05, 3.63) is 122 Å². The summed E-state index contributed by atoms with van der Waals surface area (Å²) in [5.41, 5.74) is 4.92. The van der Waals surface area contributed by atoms with Gasteiger partial charge in [-0.2, -0.15) is 0 Å². The lowest BCUT2D eigenvalue weighted by atomic mass is 9.79. The largest absolute Gasteiger partial charge is 0.495 e. The number of aromatic amines is 2. The van der Waals surface area contributed by atoms with E-state index < -0.39 is 12.0 Å². The summed E-state index contributed by atoms with van der Waals surface area (Å²) in [7, 11) is -1.80. The Morgan fingerprint density at radius 1 is 0.725 bits per heavy atom. The number of fused-ring (bicyclic) bond motifs is 2. The van der Waals surface area contributed by atoms with E-state index in [1.807, 2.05) is 36.4 Å². The van der Waals surface area contributed by atoms with E-state index in [1.165, 1.54) is 30.3 Å². The lowest BCUT2D eigenvalue weighted by Crippen LogP contribution is -2.31. The van der Waals surface area contributed by atoms with Crippen LogP contribution in [0.5, 0.6) is 0 Å². The summed E-state index contributed by atoms with van der Waals surface area (Å²) in [6.07, 6.45) is 3.30. The van der Waals surface area contributed by atoms with Crippen molar-refractivity contribution < 1.29 is 19.9 Å². The first-order valence-electron chi connectivity index (χ1n) is 11.6. The Kier molecular flexibility index (Phi) is 8.96. The van der Waals surface area contributed by atoms with Crippen LogP contribution < -0.4 is 5.46 Å². The molecule has 0 spiro atoms. The number of para-hydroxylation sites is 2. The van der Waals surface area contributed by atoms with Gasteiger partial charge in [0, 0.05) is 16.6 Å². The zero-order valence-electron chi connectivity index (χ0n) is 20.5. The van der Waals surface area contributed by atoms with Crippen LogP contribution in [-0.2, 0) is 0 Å². The molecular weight excluding hydrogens is 583 g/mol. The Labute approximate surface area is 234 Å². The van der Waals surface area contributed by atoms with Crippen LogP contribution in [0.15, 0.2) is 102 Å². The lowest BCUT2D eigenvalue weighted by Gasteiger charge is -2.02. The van der Waals surface area contributed by atoms with Gasteiger partial charge in [0.25, 0.3) is 11.4 Å². The second-order valence-corrected chi connectivity index (χ2v) is 9.08. The molecule has 0 aliphatic carbocycles. The normalized spacial score (nSPS) is 10.3. The second kappa shape index (κ2) is 12.8. The summed E-state index contributed by atoms with van der Waals surface area (Å²) in [6, 6.07) is 23.7. The molecule has 0 amide bonds. The van der Waals surface area contributed by atoms with Crippen LogP contribution in [0, 0.1) is 20.2 Å². The van der Waals surface area contributed by atoms with Gasteiger partial charge in [-0.25, -0.2) is 9.97 Å². The van der Waals surface area contributed by atoms with E-state index in [4.69, 9.17) is 10.0 Å². The fourth-order valence-corrected chi connectivity index (χ4v) is 4.12. The van der Waals surface area contributed by atoms with E-state index in [9.17, 15) is 20.2 Å². The molecule has 200 valence electrons. The zero-order chi connectivity index (χ0) is 28.6. The summed E-state index contributed by atoms with van der Waals surface area (Å²) < 4.78 is 1.07. The highest BCUT2D eigenvalue weighted by atomic mass is 79.9. The number of nitrogens with zero attached hydrogens (tertiary/aromatic N) is 4. The van der Waals surface area contributed by atoms with E-state index in [0.29, 0.717) is 5.56 Å². The molecule has 0 fully saturated rings. The third kappa shape index (κ3) is 6.74. The lowest BCUT2D eigenvalue weighted by molar-refractivity contribution is -0.384. The maximum absolute atomic E-state index is 11.0. The molecule has 6 aromatic rings. The van der Waals surface area contributed by atoms with Crippen molar-refractivity contribution in [3.8, 4) is 11.1 Å². The van der Waals surface area contributed by atoms with Crippen molar-refractivity contribution in [2.75, 3.05) is 0 Å². The number of hydrogen-bond donors (Lipinski definition) is 4. The first kappa shape index (κ1) is 28.1. The maximum Gasteiger partial charge on any atom is 0.495 e. The Hall–Kier alpha value is -4.92. The average Bonchev–Trinajstić information content (AvgIpc) is 3.62. The van der Waals surface area contributed by atoms with Crippen LogP contribution in [0.4, 0.5) is 11.4 Å². The predicted molar refractivity (Wildman–Crippen MR) is 155 cm³/mol. The Morgan fingerprint density at radius 3 is 1.88 bits per heavy atom. The van der Waals surface area contributed by atoms with Crippen LogP contribution in [0.3, 0.4) is 0 Å². The smallest absolute Gasteiger partial charge is 0.423 e. The van der Waals surface area contributed by atoms with E-state index in [1.54, 1.807) is 30.9 Å². The number of halogens is 1. The topological polar surface area (TPSA) is 184 Å². The Morgan fingerprint density at radius 2 is 1.27 bits per heavy atom. The molecule has 0 aliphatic heterocycles. The van der Waals surface area contributed by atoms with E-state index >= 15 is 0 Å². The first-order chi connectivity index (χ1) is 19.2. The molecule has 0 unspecified atom stereocenters. The van der Waals surface area contributed by atoms with Gasteiger partial charge in [0.1, 0.15) is 0 Å². The van der Waals surface area contributed by atoms with E-state index in [0.717, 1.165) is 32.1 Å². The highest BCUT2D eigenvalue weighted by Crippen LogP contribution is 2.30. The summed E-state index contributed by atoms with van der Waals surface area (Å²) in [5, 5.41) is 38.7. The third-order valence-corrected chi connectivity index (χ3v) is 6.12. The summed E-state index contributed by atoms with van der Waals surface area (Å²) >= 11 is 3.37. The van der Waals surface area contributed by atoms with Gasteiger partial charge >= 0.3 is 7.12 Å². The first-order valence-corrected chi connectivity index (χ1v) is 12.4. The van der Waals surface area contributed by atoms with Crippen LogP contribution >= 0.6 is 15.9 Å². The summed E-state index contributed by atoms with van der Waals surface area (Å²) in [5.74, 6) is 0. The van der Waals surface area contributed by atoms with Gasteiger partial charge in [-0.1, -0.05) is 52.3 Å². The minimum atomic E-state index is -1.80. The number of nitrogens with one attached hydrogen (secondary N) is 2. The molecule has 40 heavy (non-hydrogen) atoms. The molecule has 0 radical (unpaired) electrons. The minimum absolute atomic E-state index is 0.0949. The quantitative estimate of drug-likeness (QED) is 0.127. The Balaban J connectivity index is 0.000000147. The molecule has 2 heterocycles. The van der Waals surface area contributed by atoms with Gasteiger partial charge in [-0.05, 0) is 42.0 Å². The molecule has 12 nitrogen and oxygen atoms in total. The van der Waals surface area contributed by atoms with Gasteiger partial charge in [0.05, 0.1) is 55.6 Å². The number of imidazole rings is 2. The van der Waals surface area contributed by atoms with Gasteiger partial charge in [-0.3, -0.25) is 20.2 Å². The summed E-state index contributed by atoms with van der Waals surface area (Å²) in [4.78, 5) is 34.5.